The molecule has 4 aromatic rings. The minimum Gasteiger partial charge on any atom is -0.272 e. The van der Waals surface area contributed by atoms with Crippen molar-refractivity contribution in [2.75, 3.05) is 0 Å². The summed E-state index contributed by atoms with van der Waals surface area (Å²) in [5.41, 5.74) is 0.868. The third-order valence-electron chi connectivity index (χ3n) is 4.21. The molecule has 0 radical (unpaired) electrons. The average molecular weight is 308 g/mol. The Balaban J connectivity index is 1.60. The van der Waals surface area contributed by atoms with Gasteiger partial charge in [0.1, 0.15) is 11.2 Å². The van der Waals surface area contributed by atoms with E-state index in [1.165, 1.54) is 24.1 Å². The van der Waals surface area contributed by atoms with Gasteiger partial charge in [0.15, 0.2) is 5.82 Å². The number of fused-ring (bicyclic) bond motifs is 2. The number of hydrogen-bond acceptors (Lipinski definition) is 6. The highest BCUT2D eigenvalue weighted by Gasteiger charge is 2.22. The van der Waals surface area contributed by atoms with Crippen LogP contribution in [-0.2, 0) is 0 Å². The average Bonchev–Trinajstić information content (AvgIpc) is 3.09. The Labute approximate surface area is 129 Å². The monoisotopic (exact) mass is 308 g/mol. The lowest BCUT2D eigenvalue weighted by Gasteiger charge is -2.23. The predicted octanol–water partition coefficient (Wildman–Crippen LogP) is 3.06. The summed E-state index contributed by atoms with van der Waals surface area (Å²) in [6.07, 6.45) is 11.1. The van der Waals surface area contributed by atoms with Gasteiger partial charge in [-0.3, -0.25) is 4.40 Å². The van der Waals surface area contributed by atoms with Crippen molar-refractivity contribution in [3.05, 3.63) is 35.9 Å². The molecule has 0 amide bonds. The molecule has 22 heavy (non-hydrogen) atoms. The van der Waals surface area contributed by atoms with E-state index >= 15 is 0 Å². The fourth-order valence-electron chi connectivity index (χ4n) is 2.73. The van der Waals surface area contributed by atoms with Crippen molar-refractivity contribution in [1.82, 2.24) is 29.5 Å². The highest BCUT2D eigenvalue weighted by Crippen LogP contribution is 2.41. The molecule has 0 N–H and O–H groups in total. The molecule has 5 rings (SSSR count). The van der Waals surface area contributed by atoms with Crippen molar-refractivity contribution in [2.45, 2.75) is 25.2 Å². The summed E-state index contributed by atoms with van der Waals surface area (Å²) in [6, 6.07) is 2.24. The van der Waals surface area contributed by atoms with Crippen LogP contribution in [0.4, 0.5) is 0 Å². The van der Waals surface area contributed by atoms with E-state index in [-0.39, 0.29) is 0 Å². The molecule has 7 heteroatoms. The SMILES string of the molecule is c1nc2nncn2cc1-c1ncc2cc(C3CCC3)sc2n1. The molecule has 0 bridgehead atoms. The lowest BCUT2D eigenvalue weighted by atomic mass is 9.84. The summed E-state index contributed by atoms with van der Waals surface area (Å²) in [5.74, 6) is 2.00. The minimum atomic E-state index is 0.577. The van der Waals surface area contributed by atoms with Crippen LogP contribution in [0.2, 0.25) is 0 Å². The zero-order chi connectivity index (χ0) is 14.5. The van der Waals surface area contributed by atoms with E-state index in [1.807, 2.05) is 12.4 Å². The van der Waals surface area contributed by atoms with E-state index < -0.39 is 0 Å². The Morgan fingerprint density at radius 3 is 3.00 bits per heavy atom. The molecule has 4 heterocycles. The third kappa shape index (κ3) is 1.82. The van der Waals surface area contributed by atoms with Gasteiger partial charge < -0.3 is 0 Å². The maximum atomic E-state index is 4.71. The van der Waals surface area contributed by atoms with Gasteiger partial charge in [-0.15, -0.1) is 21.5 Å². The van der Waals surface area contributed by atoms with Crippen LogP contribution in [0.25, 0.3) is 27.4 Å². The highest BCUT2D eigenvalue weighted by molar-refractivity contribution is 7.18. The summed E-state index contributed by atoms with van der Waals surface area (Å²) >= 11 is 1.79. The molecule has 1 aliphatic carbocycles. The number of aromatic nitrogens is 6. The van der Waals surface area contributed by atoms with Crippen LogP contribution < -0.4 is 0 Å². The molecule has 1 saturated carbocycles. The predicted molar refractivity (Wildman–Crippen MR) is 83.8 cm³/mol. The van der Waals surface area contributed by atoms with E-state index in [1.54, 1.807) is 28.3 Å². The highest BCUT2D eigenvalue weighted by atomic mass is 32.1. The van der Waals surface area contributed by atoms with Crippen LogP contribution in [0.5, 0.6) is 0 Å². The summed E-state index contributed by atoms with van der Waals surface area (Å²) in [5, 5.41) is 8.87. The van der Waals surface area contributed by atoms with Crippen LogP contribution >= 0.6 is 11.3 Å². The largest absolute Gasteiger partial charge is 0.272 e. The molecule has 1 fully saturated rings. The maximum absolute atomic E-state index is 4.71. The van der Waals surface area contributed by atoms with Crippen molar-refractivity contribution in [3.8, 4) is 11.4 Å². The second-order valence-corrected chi connectivity index (χ2v) is 6.67. The molecule has 0 saturated heterocycles. The van der Waals surface area contributed by atoms with Gasteiger partial charge in [0.05, 0.1) is 5.56 Å². The summed E-state index contributed by atoms with van der Waals surface area (Å²) in [6.45, 7) is 0. The first-order valence-electron chi connectivity index (χ1n) is 7.29. The molecule has 0 spiro atoms. The van der Waals surface area contributed by atoms with E-state index in [2.05, 4.69) is 26.2 Å². The first kappa shape index (κ1) is 12.2. The topological polar surface area (TPSA) is 68.9 Å². The van der Waals surface area contributed by atoms with Crippen molar-refractivity contribution in [1.29, 1.82) is 0 Å². The van der Waals surface area contributed by atoms with Crippen LogP contribution in [0, 0.1) is 0 Å². The maximum Gasteiger partial charge on any atom is 0.254 e. The minimum absolute atomic E-state index is 0.577. The Bertz CT molecular complexity index is 984. The normalized spacial score (nSPS) is 15.5. The summed E-state index contributed by atoms with van der Waals surface area (Å²) in [4.78, 5) is 16.0. The first-order chi connectivity index (χ1) is 10.9. The Morgan fingerprint density at radius 2 is 2.14 bits per heavy atom. The fourth-order valence-corrected chi connectivity index (χ4v) is 3.90. The van der Waals surface area contributed by atoms with Gasteiger partial charge in [-0.05, 0) is 24.8 Å². The lowest BCUT2D eigenvalue weighted by molar-refractivity contribution is 0.426. The molecule has 0 aromatic carbocycles. The van der Waals surface area contributed by atoms with Gasteiger partial charge in [-0.2, -0.15) is 0 Å². The second-order valence-electron chi connectivity index (χ2n) is 5.61. The van der Waals surface area contributed by atoms with Crippen LogP contribution in [0.1, 0.15) is 30.1 Å². The fraction of sp³-hybridized carbons (Fsp3) is 0.267. The van der Waals surface area contributed by atoms with Gasteiger partial charge in [0.2, 0.25) is 0 Å². The lowest BCUT2D eigenvalue weighted by Crippen LogP contribution is -2.06. The van der Waals surface area contributed by atoms with Crippen molar-refractivity contribution in [3.63, 3.8) is 0 Å². The zero-order valence-electron chi connectivity index (χ0n) is 11.7. The molecule has 0 unspecified atom stereocenters. The Morgan fingerprint density at radius 1 is 1.18 bits per heavy atom. The smallest absolute Gasteiger partial charge is 0.254 e. The van der Waals surface area contributed by atoms with E-state index in [0.29, 0.717) is 11.6 Å². The third-order valence-corrected chi connectivity index (χ3v) is 5.42. The van der Waals surface area contributed by atoms with E-state index in [9.17, 15) is 0 Å². The quantitative estimate of drug-likeness (QED) is 0.569. The van der Waals surface area contributed by atoms with Gasteiger partial charge in [0, 0.05) is 28.9 Å². The first-order valence-corrected chi connectivity index (χ1v) is 8.11. The number of thiophene rings is 1. The van der Waals surface area contributed by atoms with Gasteiger partial charge >= 0.3 is 0 Å². The van der Waals surface area contributed by atoms with Gasteiger partial charge in [0.25, 0.3) is 5.78 Å². The number of hydrogen-bond donors (Lipinski definition) is 0. The zero-order valence-corrected chi connectivity index (χ0v) is 12.5. The number of nitrogens with zero attached hydrogens (tertiary/aromatic N) is 6. The van der Waals surface area contributed by atoms with Crippen molar-refractivity contribution >= 4 is 27.3 Å². The molecule has 108 valence electrons. The van der Waals surface area contributed by atoms with Crippen molar-refractivity contribution in [2.24, 2.45) is 0 Å². The van der Waals surface area contributed by atoms with E-state index in [4.69, 9.17) is 4.98 Å². The molecule has 1 aliphatic rings. The molecule has 0 atom stereocenters. The standard InChI is InChI=1S/C15H12N6S/c1-2-9(3-1)12-4-10-5-16-13(19-14(10)22-12)11-6-17-15-20-18-8-21(15)7-11/h4-9H,1-3H2. The van der Waals surface area contributed by atoms with Crippen molar-refractivity contribution < 1.29 is 0 Å². The Hall–Kier alpha value is -2.41. The van der Waals surface area contributed by atoms with Gasteiger partial charge in [-0.1, -0.05) is 6.42 Å². The molecular weight excluding hydrogens is 296 g/mol. The van der Waals surface area contributed by atoms with Crippen LogP contribution in [0.15, 0.2) is 31.0 Å². The summed E-state index contributed by atoms with van der Waals surface area (Å²) < 4.78 is 1.77. The van der Waals surface area contributed by atoms with Crippen LogP contribution in [0.3, 0.4) is 0 Å². The second kappa shape index (κ2) is 4.54. The van der Waals surface area contributed by atoms with Crippen LogP contribution in [-0.4, -0.2) is 29.5 Å². The molecule has 6 nitrogen and oxygen atoms in total. The molecular formula is C15H12N6S. The molecule has 4 aromatic heterocycles. The number of rotatable bonds is 2. The molecule has 0 aliphatic heterocycles. The Kier molecular flexibility index (Phi) is 2.51. The van der Waals surface area contributed by atoms with E-state index in [0.717, 1.165) is 21.7 Å². The van der Waals surface area contributed by atoms with Gasteiger partial charge in [-0.25, -0.2) is 15.0 Å². The summed E-state index contributed by atoms with van der Waals surface area (Å²) in [7, 11) is 0.